The normalized spacial score (nSPS) is 28.4. The Morgan fingerprint density at radius 2 is 1.89 bits per heavy atom. The average molecular weight is 384 g/mol. The fourth-order valence-corrected chi connectivity index (χ4v) is 3.12. The molecular weight excluding hydrogens is 368 g/mol. The quantitative estimate of drug-likeness (QED) is 0.754. The molecule has 0 amide bonds. The topological polar surface area (TPSA) is 20.2 Å². The predicted molar refractivity (Wildman–Crippen MR) is 75.8 cm³/mol. The minimum absolute atomic E-state index is 0.137. The van der Waals surface area contributed by atoms with Crippen LogP contribution in [-0.4, -0.2) is 16.9 Å². The van der Waals surface area contributed by atoms with E-state index in [1.54, 1.807) is 0 Å². The van der Waals surface area contributed by atoms with Crippen molar-refractivity contribution < 1.29 is 18.3 Å². The van der Waals surface area contributed by atoms with Gasteiger partial charge in [0, 0.05) is 9.99 Å². The Kier molecular flexibility index (Phi) is 4.45. The second-order valence-electron chi connectivity index (χ2n) is 5.36. The van der Waals surface area contributed by atoms with Crippen LogP contribution in [-0.2, 0) is 6.42 Å². The lowest BCUT2D eigenvalue weighted by Gasteiger charge is -2.37. The van der Waals surface area contributed by atoms with Crippen LogP contribution in [0.5, 0.6) is 0 Å². The Hall–Kier alpha value is -0.300. The van der Waals surface area contributed by atoms with E-state index >= 15 is 0 Å². The summed E-state index contributed by atoms with van der Waals surface area (Å²) in [6, 6.07) is 7.56. The molecule has 0 spiro atoms. The fraction of sp³-hybridized carbons (Fsp3) is 0.571. The largest absolute Gasteiger partial charge is 0.391 e. The summed E-state index contributed by atoms with van der Waals surface area (Å²) in [6.07, 6.45) is -3.05. The van der Waals surface area contributed by atoms with Crippen molar-refractivity contribution in [2.45, 2.75) is 43.9 Å². The van der Waals surface area contributed by atoms with Crippen molar-refractivity contribution in [2.24, 2.45) is 5.92 Å². The third-order valence-corrected chi connectivity index (χ3v) is 4.45. The molecule has 0 bridgehead atoms. The van der Waals surface area contributed by atoms with E-state index in [1.807, 2.05) is 24.3 Å². The summed E-state index contributed by atoms with van der Waals surface area (Å²) >= 11 is 2.17. The molecule has 0 radical (unpaired) electrons. The molecule has 106 valence electrons. The lowest BCUT2D eigenvalue weighted by Crippen LogP contribution is -2.41. The molecule has 2 unspecified atom stereocenters. The first kappa shape index (κ1) is 15.1. The first-order chi connectivity index (χ1) is 8.78. The van der Waals surface area contributed by atoms with Gasteiger partial charge in [-0.25, -0.2) is 0 Å². The molecule has 1 nitrogen and oxygen atoms in total. The summed E-state index contributed by atoms with van der Waals surface area (Å²) in [5.41, 5.74) is -0.323. The van der Waals surface area contributed by atoms with E-state index < -0.39 is 17.7 Å². The molecule has 0 aliphatic heterocycles. The van der Waals surface area contributed by atoms with Gasteiger partial charge in [0.2, 0.25) is 0 Å². The number of hydrogen-bond acceptors (Lipinski definition) is 1. The highest BCUT2D eigenvalue weighted by Gasteiger charge is 2.46. The Balaban J connectivity index is 2.07. The Morgan fingerprint density at radius 3 is 2.47 bits per heavy atom. The Morgan fingerprint density at radius 1 is 1.26 bits per heavy atom. The lowest BCUT2D eigenvalue weighted by molar-refractivity contribution is -0.200. The molecule has 1 aliphatic rings. The Bertz CT molecular complexity index is 429. The van der Waals surface area contributed by atoms with Gasteiger partial charge in [-0.1, -0.05) is 12.1 Å². The molecule has 1 aromatic carbocycles. The second-order valence-corrected chi connectivity index (χ2v) is 6.61. The van der Waals surface area contributed by atoms with E-state index in [-0.39, 0.29) is 12.8 Å². The molecule has 1 N–H and O–H groups in total. The van der Waals surface area contributed by atoms with Crippen LogP contribution in [0.25, 0.3) is 0 Å². The van der Waals surface area contributed by atoms with Crippen LogP contribution in [0.1, 0.15) is 31.2 Å². The molecule has 0 saturated heterocycles. The van der Waals surface area contributed by atoms with Crippen LogP contribution < -0.4 is 0 Å². The first-order valence-electron chi connectivity index (χ1n) is 6.32. The van der Waals surface area contributed by atoms with Crippen LogP contribution >= 0.6 is 22.6 Å². The van der Waals surface area contributed by atoms with Crippen LogP contribution in [0, 0.1) is 9.49 Å². The van der Waals surface area contributed by atoms with E-state index in [0.29, 0.717) is 19.3 Å². The standard InChI is InChI=1S/C14H16F3IO/c15-14(16,17)11-2-1-7-13(19,9-11)8-10-3-5-12(18)6-4-10/h3-6,11,19H,1-2,7-9H2. The van der Waals surface area contributed by atoms with Crippen molar-refractivity contribution in [2.75, 3.05) is 0 Å². The van der Waals surface area contributed by atoms with Crippen molar-refractivity contribution >= 4 is 22.6 Å². The maximum absolute atomic E-state index is 12.8. The van der Waals surface area contributed by atoms with Crippen LogP contribution in [0.15, 0.2) is 24.3 Å². The molecule has 1 aliphatic carbocycles. The van der Waals surface area contributed by atoms with E-state index in [4.69, 9.17) is 0 Å². The van der Waals surface area contributed by atoms with Crippen LogP contribution in [0.2, 0.25) is 0 Å². The summed E-state index contributed by atoms with van der Waals surface area (Å²) in [7, 11) is 0. The van der Waals surface area contributed by atoms with Crippen molar-refractivity contribution in [3.63, 3.8) is 0 Å². The zero-order valence-corrected chi connectivity index (χ0v) is 12.5. The number of rotatable bonds is 2. The van der Waals surface area contributed by atoms with Gasteiger partial charge in [-0.15, -0.1) is 0 Å². The highest BCUT2D eigenvalue weighted by atomic mass is 127. The third-order valence-electron chi connectivity index (χ3n) is 3.73. The maximum atomic E-state index is 12.8. The van der Waals surface area contributed by atoms with Gasteiger partial charge < -0.3 is 5.11 Å². The van der Waals surface area contributed by atoms with Gasteiger partial charge in [0.25, 0.3) is 0 Å². The number of hydrogen-bond donors (Lipinski definition) is 1. The summed E-state index contributed by atoms with van der Waals surface area (Å²) in [5, 5.41) is 10.4. The lowest BCUT2D eigenvalue weighted by atomic mass is 9.75. The van der Waals surface area contributed by atoms with Gasteiger partial charge in [0.15, 0.2) is 0 Å². The smallest absolute Gasteiger partial charge is 0.390 e. The summed E-state index contributed by atoms with van der Waals surface area (Å²) < 4.78 is 39.4. The number of aliphatic hydroxyl groups is 1. The van der Waals surface area contributed by atoms with Gasteiger partial charge >= 0.3 is 6.18 Å². The molecule has 0 aromatic heterocycles. The maximum Gasteiger partial charge on any atom is 0.391 e. The molecule has 2 rings (SSSR count). The molecule has 0 heterocycles. The third kappa shape index (κ3) is 4.08. The zero-order valence-electron chi connectivity index (χ0n) is 10.4. The van der Waals surface area contributed by atoms with E-state index in [9.17, 15) is 18.3 Å². The molecular formula is C14H16F3IO. The van der Waals surface area contributed by atoms with Crippen LogP contribution in [0.4, 0.5) is 13.2 Å². The van der Waals surface area contributed by atoms with Crippen LogP contribution in [0.3, 0.4) is 0 Å². The van der Waals surface area contributed by atoms with Gasteiger partial charge in [0.05, 0.1) is 11.5 Å². The fourth-order valence-electron chi connectivity index (χ4n) is 2.76. The molecule has 1 saturated carbocycles. The summed E-state index contributed by atoms with van der Waals surface area (Å²) in [5.74, 6) is -1.37. The second kappa shape index (κ2) is 5.60. The van der Waals surface area contributed by atoms with Crippen molar-refractivity contribution in [3.8, 4) is 0 Å². The highest BCUT2D eigenvalue weighted by molar-refractivity contribution is 14.1. The predicted octanol–water partition coefficient (Wildman–Crippen LogP) is 4.32. The first-order valence-corrected chi connectivity index (χ1v) is 7.40. The molecule has 5 heteroatoms. The van der Waals surface area contributed by atoms with E-state index in [1.165, 1.54) is 0 Å². The minimum Gasteiger partial charge on any atom is -0.390 e. The molecule has 1 fully saturated rings. The minimum atomic E-state index is -4.19. The molecule has 19 heavy (non-hydrogen) atoms. The van der Waals surface area contributed by atoms with E-state index in [2.05, 4.69) is 22.6 Å². The zero-order chi connectivity index (χ0) is 14.1. The van der Waals surface area contributed by atoms with E-state index in [0.717, 1.165) is 9.13 Å². The van der Waals surface area contributed by atoms with Gasteiger partial charge in [-0.3, -0.25) is 0 Å². The van der Waals surface area contributed by atoms with Crippen molar-refractivity contribution in [3.05, 3.63) is 33.4 Å². The number of alkyl halides is 3. The molecule has 1 aromatic rings. The highest BCUT2D eigenvalue weighted by Crippen LogP contribution is 2.42. The van der Waals surface area contributed by atoms with Gasteiger partial charge in [0.1, 0.15) is 0 Å². The average Bonchev–Trinajstić information content (AvgIpc) is 2.31. The van der Waals surface area contributed by atoms with Gasteiger partial charge in [-0.05, 0) is 66.0 Å². The monoisotopic (exact) mass is 384 g/mol. The van der Waals surface area contributed by atoms with Gasteiger partial charge in [-0.2, -0.15) is 13.2 Å². The number of halogens is 4. The van der Waals surface area contributed by atoms with Crippen molar-refractivity contribution in [1.82, 2.24) is 0 Å². The van der Waals surface area contributed by atoms with Crippen molar-refractivity contribution in [1.29, 1.82) is 0 Å². The SMILES string of the molecule is OC1(Cc2ccc(I)cc2)CCCC(C(F)(F)F)C1. The number of benzene rings is 1. The Labute approximate surface area is 124 Å². The summed E-state index contributed by atoms with van der Waals surface area (Å²) in [6.45, 7) is 0. The molecule has 2 atom stereocenters. The summed E-state index contributed by atoms with van der Waals surface area (Å²) in [4.78, 5) is 0.